The SMILES string of the molecule is O=C(N[C@H]1CCCNC1)c1cn[nH]c1-c1ccccc1F. The average molecular weight is 288 g/mol. The number of aromatic nitrogens is 2. The van der Waals surface area contributed by atoms with Crippen LogP contribution < -0.4 is 10.6 Å². The van der Waals surface area contributed by atoms with Gasteiger partial charge in [-0.3, -0.25) is 9.89 Å². The van der Waals surface area contributed by atoms with Crippen molar-refractivity contribution in [3.05, 3.63) is 41.8 Å². The zero-order valence-corrected chi connectivity index (χ0v) is 11.5. The summed E-state index contributed by atoms with van der Waals surface area (Å²) >= 11 is 0. The number of hydrogen-bond acceptors (Lipinski definition) is 3. The Morgan fingerprint density at radius 2 is 2.24 bits per heavy atom. The zero-order valence-electron chi connectivity index (χ0n) is 11.5. The topological polar surface area (TPSA) is 69.8 Å². The number of nitrogens with zero attached hydrogens (tertiary/aromatic N) is 1. The molecule has 0 radical (unpaired) electrons. The third-order valence-electron chi connectivity index (χ3n) is 3.66. The Labute approximate surface area is 121 Å². The summed E-state index contributed by atoms with van der Waals surface area (Å²) < 4.78 is 13.9. The van der Waals surface area contributed by atoms with Crippen LogP contribution in [0.2, 0.25) is 0 Å². The molecule has 110 valence electrons. The van der Waals surface area contributed by atoms with Crippen LogP contribution >= 0.6 is 0 Å². The van der Waals surface area contributed by atoms with Gasteiger partial charge in [0.05, 0.1) is 17.5 Å². The fourth-order valence-corrected chi connectivity index (χ4v) is 2.57. The molecule has 1 saturated heterocycles. The molecule has 0 bridgehead atoms. The molecule has 1 aromatic carbocycles. The number of carbonyl (C=O) groups is 1. The van der Waals surface area contributed by atoms with Gasteiger partial charge in [0.15, 0.2) is 0 Å². The van der Waals surface area contributed by atoms with E-state index in [-0.39, 0.29) is 17.8 Å². The van der Waals surface area contributed by atoms with E-state index in [4.69, 9.17) is 0 Å². The molecule has 3 N–H and O–H groups in total. The minimum absolute atomic E-state index is 0.106. The third kappa shape index (κ3) is 2.95. The van der Waals surface area contributed by atoms with Gasteiger partial charge < -0.3 is 10.6 Å². The van der Waals surface area contributed by atoms with Gasteiger partial charge in [-0.25, -0.2) is 4.39 Å². The second kappa shape index (κ2) is 6.05. The zero-order chi connectivity index (χ0) is 14.7. The molecular weight excluding hydrogens is 271 g/mol. The average Bonchev–Trinajstić information content (AvgIpc) is 2.98. The number of hydrogen-bond donors (Lipinski definition) is 3. The Hall–Kier alpha value is -2.21. The standard InChI is InChI=1S/C15H17FN4O/c16-13-6-2-1-5-11(13)14-12(9-18-20-14)15(21)19-10-4-3-7-17-8-10/h1-2,5-6,9-10,17H,3-4,7-8H2,(H,18,20)(H,19,21)/t10-/m0/s1. The van der Waals surface area contributed by atoms with E-state index in [9.17, 15) is 9.18 Å². The van der Waals surface area contributed by atoms with Crippen molar-refractivity contribution >= 4 is 5.91 Å². The van der Waals surface area contributed by atoms with Gasteiger partial charge in [0, 0.05) is 18.2 Å². The first-order valence-electron chi connectivity index (χ1n) is 7.05. The molecule has 1 aromatic heterocycles. The van der Waals surface area contributed by atoms with E-state index < -0.39 is 0 Å². The highest BCUT2D eigenvalue weighted by Crippen LogP contribution is 2.24. The Bertz CT molecular complexity index is 634. The molecule has 5 nitrogen and oxygen atoms in total. The number of carbonyl (C=O) groups excluding carboxylic acids is 1. The molecule has 0 aliphatic carbocycles. The summed E-state index contributed by atoms with van der Waals surface area (Å²) in [6, 6.07) is 6.44. The minimum Gasteiger partial charge on any atom is -0.348 e. The molecular formula is C15H17FN4O. The largest absolute Gasteiger partial charge is 0.348 e. The van der Waals surface area contributed by atoms with E-state index in [0.29, 0.717) is 16.8 Å². The van der Waals surface area contributed by atoms with Gasteiger partial charge in [0.1, 0.15) is 5.82 Å². The molecule has 1 atom stereocenters. The number of H-pyrrole nitrogens is 1. The Balaban J connectivity index is 1.82. The molecule has 2 aromatic rings. The summed E-state index contributed by atoms with van der Waals surface area (Å²) in [5.74, 6) is -0.606. The molecule has 21 heavy (non-hydrogen) atoms. The summed E-state index contributed by atoms with van der Waals surface area (Å²) in [6.45, 7) is 1.75. The second-order valence-electron chi connectivity index (χ2n) is 5.16. The lowest BCUT2D eigenvalue weighted by atomic mass is 10.0. The smallest absolute Gasteiger partial charge is 0.255 e. The van der Waals surface area contributed by atoms with Crippen LogP contribution in [0.3, 0.4) is 0 Å². The van der Waals surface area contributed by atoms with Gasteiger partial charge in [0.2, 0.25) is 0 Å². The van der Waals surface area contributed by atoms with Crippen molar-refractivity contribution < 1.29 is 9.18 Å². The first-order chi connectivity index (χ1) is 10.3. The van der Waals surface area contributed by atoms with Gasteiger partial charge in [-0.1, -0.05) is 12.1 Å². The van der Waals surface area contributed by atoms with Crippen molar-refractivity contribution in [2.75, 3.05) is 13.1 Å². The lowest BCUT2D eigenvalue weighted by Gasteiger charge is -2.23. The molecule has 1 aliphatic rings. The van der Waals surface area contributed by atoms with E-state index in [1.807, 2.05) is 0 Å². The van der Waals surface area contributed by atoms with Crippen molar-refractivity contribution in [1.29, 1.82) is 0 Å². The van der Waals surface area contributed by atoms with Crippen LogP contribution in [0.5, 0.6) is 0 Å². The van der Waals surface area contributed by atoms with Crippen LogP contribution in [0.4, 0.5) is 4.39 Å². The van der Waals surface area contributed by atoms with Crippen molar-refractivity contribution in [2.24, 2.45) is 0 Å². The van der Waals surface area contributed by atoms with E-state index in [2.05, 4.69) is 20.8 Å². The van der Waals surface area contributed by atoms with Crippen molar-refractivity contribution in [3.8, 4) is 11.3 Å². The van der Waals surface area contributed by atoms with Crippen molar-refractivity contribution in [1.82, 2.24) is 20.8 Å². The predicted octanol–water partition coefficient (Wildman–Crippen LogP) is 1.70. The van der Waals surface area contributed by atoms with Crippen LogP contribution in [-0.4, -0.2) is 35.2 Å². The molecule has 3 rings (SSSR count). The first kappa shape index (κ1) is 13.8. The highest BCUT2D eigenvalue weighted by molar-refractivity contribution is 5.99. The molecule has 0 saturated carbocycles. The minimum atomic E-state index is -0.380. The maximum atomic E-state index is 13.9. The lowest BCUT2D eigenvalue weighted by molar-refractivity contribution is 0.0931. The van der Waals surface area contributed by atoms with Gasteiger partial charge >= 0.3 is 0 Å². The van der Waals surface area contributed by atoms with Crippen LogP contribution in [0.15, 0.2) is 30.5 Å². The van der Waals surface area contributed by atoms with Crippen LogP contribution in [0.1, 0.15) is 23.2 Å². The van der Waals surface area contributed by atoms with Crippen LogP contribution in [0.25, 0.3) is 11.3 Å². The summed E-state index contributed by atoms with van der Waals surface area (Å²) in [5.41, 5.74) is 1.13. The lowest BCUT2D eigenvalue weighted by Crippen LogP contribution is -2.45. The quantitative estimate of drug-likeness (QED) is 0.805. The van der Waals surface area contributed by atoms with Gasteiger partial charge in [-0.05, 0) is 31.5 Å². The first-order valence-corrected chi connectivity index (χ1v) is 7.05. The Morgan fingerprint density at radius 1 is 1.38 bits per heavy atom. The van der Waals surface area contributed by atoms with E-state index in [1.54, 1.807) is 18.2 Å². The van der Waals surface area contributed by atoms with E-state index in [1.165, 1.54) is 12.3 Å². The summed E-state index contributed by atoms with van der Waals surface area (Å²) in [4.78, 5) is 12.4. The molecule has 0 spiro atoms. The van der Waals surface area contributed by atoms with Crippen molar-refractivity contribution in [3.63, 3.8) is 0 Å². The Kier molecular flexibility index (Phi) is 3.96. The summed E-state index contributed by atoms with van der Waals surface area (Å²) in [6.07, 6.45) is 3.43. The van der Waals surface area contributed by atoms with Gasteiger partial charge in [0.25, 0.3) is 5.91 Å². The molecule has 1 fully saturated rings. The third-order valence-corrected chi connectivity index (χ3v) is 3.66. The normalized spacial score (nSPS) is 18.4. The number of rotatable bonds is 3. The van der Waals surface area contributed by atoms with Crippen LogP contribution in [0, 0.1) is 5.82 Å². The Morgan fingerprint density at radius 3 is 3.00 bits per heavy atom. The maximum absolute atomic E-state index is 13.9. The fourth-order valence-electron chi connectivity index (χ4n) is 2.57. The highest BCUT2D eigenvalue weighted by Gasteiger charge is 2.21. The number of aromatic amines is 1. The number of benzene rings is 1. The molecule has 6 heteroatoms. The van der Waals surface area contributed by atoms with E-state index >= 15 is 0 Å². The van der Waals surface area contributed by atoms with Crippen molar-refractivity contribution in [2.45, 2.75) is 18.9 Å². The fraction of sp³-hybridized carbons (Fsp3) is 0.333. The summed E-state index contributed by atoms with van der Waals surface area (Å²) in [7, 11) is 0. The number of halogens is 1. The summed E-state index contributed by atoms with van der Waals surface area (Å²) in [5, 5.41) is 12.8. The molecule has 0 unspecified atom stereocenters. The number of nitrogens with one attached hydrogen (secondary N) is 3. The molecule has 2 heterocycles. The predicted molar refractivity (Wildman–Crippen MR) is 77.3 cm³/mol. The monoisotopic (exact) mass is 288 g/mol. The van der Waals surface area contributed by atoms with E-state index in [0.717, 1.165) is 25.9 Å². The molecule has 1 amide bonds. The highest BCUT2D eigenvalue weighted by atomic mass is 19.1. The number of amides is 1. The molecule has 1 aliphatic heterocycles. The van der Waals surface area contributed by atoms with Gasteiger partial charge in [-0.15, -0.1) is 0 Å². The van der Waals surface area contributed by atoms with Gasteiger partial charge in [-0.2, -0.15) is 5.10 Å². The van der Waals surface area contributed by atoms with Crippen LogP contribution in [-0.2, 0) is 0 Å². The second-order valence-corrected chi connectivity index (χ2v) is 5.16. The maximum Gasteiger partial charge on any atom is 0.255 e. The number of piperidine rings is 1.